The summed E-state index contributed by atoms with van der Waals surface area (Å²) in [5, 5.41) is 12.7. The van der Waals surface area contributed by atoms with Crippen LogP contribution in [0.15, 0.2) is 29.1 Å². The summed E-state index contributed by atoms with van der Waals surface area (Å²) in [6.07, 6.45) is 2.91. The highest BCUT2D eigenvalue weighted by Crippen LogP contribution is 2.12. The van der Waals surface area contributed by atoms with Gasteiger partial charge in [-0.05, 0) is 13.0 Å². The van der Waals surface area contributed by atoms with Crippen molar-refractivity contribution in [3.63, 3.8) is 0 Å². The van der Waals surface area contributed by atoms with E-state index in [9.17, 15) is 9.59 Å². The summed E-state index contributed by atoms with van der Waals surface area (Å²) in [5.41, 5.74) is 1.02. The highest BCUT2D eigenvalue weighted by molar-refractivity contribution is 5.97. The number of hydrogen-bond donors (Lipinski definition) is 1. The lowest BCUT2D eigenvalue weighted by molar-refractivity contribution is 0.0685. The number of hydrogen-bond acceptors (Lipinski definition) is 4. The van der Waals surface area contributed by atoms with Crippen molar-refractivity contribution in [1.82, 2.24) is 9.72 Å². The fraction of sp³-hybridized carbons (Fsp3) is 0.182. The number of nitrogens with zero attached hydrogens (tertiary/aromatic N) is 2. The molecule has 2 aromatic heterocycles. The minimum absolute atomic E-state index is 0.0539. The van der Waals surface area contributed by atoms with Gasteiger partial charge in [0.25, 0.3) is 0 Å². The molecule has 0 saturated carbocycles. The SMILES string of the molecule is CC(=O)c1cc(C(=O)O)n(Cc2ccon2)c1. The third kappa shape index (κ3) is 2.25. The Labute approximate surface area is 96.5 Å². The molecule has 0 aliphatic heterocycles. The largest absolute Gasteiger partial charge is 0.477 e. The van der Waals surface area contributed by atoms with E-state index < -0.39 is 5.97 Å². The zero-order valence-corrected chi connectivity index (χ0v) is 9.08. The predicted octanol–water partition coefficient (Wildman–Crippen LogP) is 1.43. The lowest BCUT2D eigenvalue weighted by Gasteiger charge is -2.02. The highest BCUT2D eigenvalue weighted by atomic mass is 16.5. The second kappa shape index (κ2) is 4.25. The predicted molar refractivity (Wildman–Crippen MR) is 57.0 cm³/mol. The topological polar surface area (TPSA) is 85.3 Å². The Morgan fingerprint density at radius 3 is 2.82 bits per heavy atom. The third-order valence-corrected chi connectivity index (χ3v) is 2.35. The lowest BCUT2D eigenvalue weighted by atomic mass is 10.2. The molecular weight excluding hydrogens is 224 g/mol. The molecule has 6 nitrogen and oxygen atoms in total. The van der Waals surface area contributed by atoms with Crippen LogP contribution in [0.3, 0.4) is 0 Å². The number of aromatic carboxylic acids is 1. The molecule has 88 valence electrons. The molecule has 2 rings (SSSR count). The lowest BCUT2D eigenvalue weighted by Crippen LogP contribution is -2.08. The molecule has 1 N–H and O–H groups in total. The minimum atomic E-state index is -1.08. The fourth-order valence-electron chi connectivity index (χ4n) is 1.51. The molecule has 2 aromatic rings. The maximum absolute atomic E-state index is 11.2. The summed E-state index contributed by atoms with van der Waals surface area (Å²) < 4.78 is 6.12. The van der Waals surface area contributed by atoms with Crippen molar-refractivity contribution in [2.45, 2.75) is 13.5 Å². The Kier molecular flexibility index (Phi) is 2.78. The smallest absolute Gasteiger partial charge is 0.352 e. The van der Waals surface area contributed by atoms with Crippen LogP contribution >= 0.6 is 0 Å². The van der Waals surface area contributed by atoms with Crippen molar-refractivity contribution in [2.75, 3.05) is 0 Å². The monoisotopic (exact) mass is 234 g/mol. The van der Waals surface area contributed by atoms with Crippen LogP contribution in [0.1, 0.15) is 33.5 Å². The zero-order valence-electron chi connectivity index (χ0n) is 9.08. The van der Waals surface area contributed by atoms with Gasteiger partial charge in [0.2, 0.25) is 0 Å². The zero-order chi connectivity index (χ0) is 12.4. The molecule has 0 spiro atoms. The Morgan fingerprint density at radius 2 is 2.29 bits per heavy atom. The van der Waals surface area contributed by atoms with Crippen molar-refractivity contribution in [2.24, 2.45) is 0 Å². The molecule has 0 bridgehead atoms. The van der Waals surface area contributed by atoms with Crippen LogP contribution in [0, 0.1) is 0 Å². The van der Waals surface area contributed by atoms with Crippen LogP contribution in [0.2, 0.25) is 0 Å². The second-order valence-corrected chi connectivity index (χ2v) is 3.59. The Balaban J connectivity index is 2.37. The number of ketones is 1. The molecule has 2 heterocycles. The Morgan fingerprint density at radius 1 is 1.53 bits per heavy atom. The first-order chi connectivity index (χ1) is 8.08. The molecule has 0 atom stereocenters. The van der Waals surface area contributed by atoms with Gasteiger partial charge in [0, 0.05) is 17.8 Å². The molecule has 0 aliphatic carbocycles. The summed E-state index contributed by atoms with van der Waals surface area (Å²) >= 11 is 0. The molecule has 0 amide bonds. The van der Waals surface area contributed by atoms with Crippen molar-refractivity contribution in [3.8, 4) is 0 Å². The van der Waals surface area contributed by atoms with Crippen LogP contribution in [0.25, 0.3) is 0 Å². The van der Waals surface area contributed by atoms with Crippen LogP contribution in [-0.2, 0) is 6.54 Å². The molecule has 6 heteroatoms. The van der Waals surface area contributed by atoms with Gasteiger partial charge in [0.05, 0.1) is 6.54 Å². The van der Waals surface area contributed by atoms with Crippen LogP contribution in [0.4, 0.5) is 0 Å². The molecule has 0 radical (unpaired) electrons. The molecule has 0 saturated heterocycles. The average molecular weight is 234 g/mol. The van der Waals surface area contributed by atoms with E-state index in [1.54, 1.807) is 6.07 Å². The quantitative estimate of drug-likeness (QED) is 0.808. The van der Waals surface area contributed by atoms with E-state index in [2.05, 4.69) is 9.68 Å². The fourth-order valence-corrected chi connectivity index (χ4v) is 1.51. The number of Topliss-reactive ketones (excluding diaryl/α,β-unsaturated/α-hetero) is 1. The third-order valence-electron chi connectivity index (χ3n) is 2.35. The molecule has 0 aromatic carbocycles. The van der Waals surface area contributed by atoms with E-state index in [-0.39, 0.29) is 18.0 Å². The number of aromatic nitrogens is 2. The summed E-state index contributed by atoms with van der Waals surface area (Å²) in [4.78, 5) is 22.2. The van der Waals surface area contributed by atoms with Crippen molar-refractivity contribution in [3.05, 3.63) is 41.5 Å². The number of rotatable bonds is 4. The summed E-state index contributed by atoms with van der Waals surface area (Å²) in [7, 11) is 0. The number of carboxylic acids is 1. The van der Waals surface area contributed by atoms with E-state index in [1.807, 2.05) is 0 Å². The normalized spacial score (nSPS) is 10.4. The maximum atomic E-state index is 11.2. The van der Waals surface area contributed by atoms with Gasteiger partial charge in [-0.1, -0.05) is 5.16 Å². The Hall–Kier alpha value is -2.37. The summed E-state index contributed by atoms with van der Waals surface area (Å²) in [6, 6.07) is 2.99. The molecular formula is C11H10N2O4. The first-order valence-electron chi connectivity index (χ1n) is 4.91. The van der Waals surface area contributed by atoms with Gasteiger partial charge in [0.15, 0.2) is 5.78 Å². The van der Waals surface area contributed by atoms with Crippen molar-refractivity contribution >= 4 is 11.8 Å². The van der Waals surface area contributed by atoms with Crippen LogP contribution < -0.4 is 0 Å². The first kappa shape index (κ1) is 11.1. The first-order valence-corrected chi connectivity index (χ1v) is 4.91. The number of carbonyl (C=O) groups excluding carboxylic acids is 1. The molecule has 0 aliphatic rings. The average Bonchev–Trinajstić information content (AvgIpc) is 2.87. The number of carboxylic acid groups (broad SMARTS) is 1. The Bertz CT molecular complexity index is 554. The van der Waals surface area contributed by atoms with E-state index in [1.165, 1.54) is 30.0 Å². The van der Waals surface area contributed by atoms with Gasteiger partial charge in [-0.25, -0.2) is 4.79 Å². The minimum Gasteiger partial charge on any atom is -0.477 e. The molecule has 17 heavy (non-hydrogen) atoms. The van der Waals surface area contributed by atoms with Gasteiger partial charge in [-0.2, -0.15) is 0 Å². The van der Waals surface area contributed by atoms with Gasteiger partial charge >= 0.3 is 5.97 Å². The van der Waals surface area contributed by atoms with Gasteiger partial charge < -0.3 is 14.2 Å². The van der Waals surface area contributed by atoms with E-state index in [0.717, 1.165) is 0 Å². The summed E-state index contributed by atoms with van der Waals surface area (Å²) in [6.45, 7) is 1.65. The second-order valence-electron chi connectivity index (χ2n) is 3.59. The number of carbonyl (C=O) groups is 2. The van der Waals surface area contributed by atoms with E-state index >= 15 is 0 Å². The van der Waals surface area contributed by atoms with E-state index in [4.69, 9.17) is 5.11 Å². The van der Waals surface area contributed by atoms with Crippen molar-refractivity contribution < 1.29 is 19.2 Å². The van der Waals surface area contributed by atoms with Crippen LogP contribution in [-0.4, -0.2) is 26.6 Å². The highest BCUT2D eigenvalue weighted by Gasteiger charge is 2.15. The maximum Gasteiger partial charge on any atom is 0.352 e. The van der Waals surface area contributed by atoms with E-state index in [0.29, 0.717) is 11.3 Å². The van der Waals surface area contributed by atoms with Gasteiger partial charge in [0.1, 0.15) is 17.7 Å². The van der Waals surface area contributed by atoms with Crippen molar-refractivity contribution in [1.29, 1.82) is 0 Å². The molecule has 0 fully saturated rings. The van der Waals surface area contributed by atoms with Gasteiger partial charge in [-0.15, -0.1) is 0 Å². The van der Waals surface area contributed by atoms with Gasteiger partial charge in [-0.3, -0.25) is 4.79 Å². The standard InChI is InChI=1S/C11H10N2O4/c1-7(14)8-4-10(11(15)16)13(5-8)6-9-2-3-17-12-9/h2-5H,6H2,1H3,(H,15,16). The summed E-state index contributed by atoms with van der Waals surface area (Å²) in [5.74, 6) is -1.26. The van der Waals surface area contributed by atoms with Crippen LogP contribution in [0.5, 0.6) is 0 Å². The molecule has 0 unspecified atom stereocenters.